The highest BCUT2D eigenvalue weighted by Gasteiger charge is 2.28. The van der Waals surface area contributed by atoms with Crippen LogP contribution in [0.2, 0.25) is 0 Å². The molecule has 0 bridgehead atoms. The van der Waals surface area contributed by atoms with Gasteiger partial charge in [-0.2, -0.15) is 0 Å². The predicted octanol–water partition coefficient (Wildman–Crippen LogP) is 3.54. The van der Waals surface area contributed by atoms with Crippen molar-refractivity contribution >= 4 is 11.6 Å². The van der Waals surface area contributed by atoms with E-state index >= 15 is 0 Å². The van der Waals surface area contributed by atoms with Gasteiger partial charge in [-0.05, 0) is 56.6 Å². The number of nitrogens with one attached hydrogen (secondary N) is 1. The van der Waals surface area contributed by atoms with Crippen molar-refractivity contribution in [3.63, 3.8) is 0 Å². The molecule has 1 amide bonds. The van der Waals surface area contributed by atoms with Crippen LogP contribution in [0, 0.1) is 0 Å². The van der Waals surface area contributed by atoms with Crippen LogP contribution in [0.5, 0.6) is 0 Å². The minimum Gasteiger partial charge on any atom is -0.367 e. The van der Waals surface area contributed by atoms with Crippen LogP contribution in [0.3, 0.4) is 0 Å². The van der Waals surface area contributed by atoms with Crippen molar-refractivity contribution in [3.05, 3.63) is 65.7 Å². The third kappa shape index (κ3) is 4.25. The van der Waals surface area contributed by atoms with E-state index in [-0.39, 0.29) is 5.91 Å². The van der Waals surface area contributed by atoms with E-state index in [4.69, 9.17) is 0 Å². The number of carbonyl (C=O) groups is 1. The Bertz CT molecular complexity index is 699. The molecule has 26 heavy (non-hydrogen) atoms. The van der Waals surface area contributed by atoms with E-state index in [1.165, 1.54) is 5.56 Å². The minimum atomic E-state index is 0.153. The Labute approximate surface area is 156 Å². The summed E-state index contributed by atoms with van der Waals surface area (Å²) in [6.07, 6.45) is 2.18. The lowest BCUT2D eigenvalue weighted by Crippen LogP contribution is -2.40. The Morgan fingerprint density at radius 2 is 1.88 bits per heavy atom. The minimum absolute atomic E-state index is 0.153. The molecule has 1 saturated heterocycles. The van der Waals surface area contributed by atoms with E-state index in [0.717, 1.165) is 50.3 Å². The summed E-state index contributed by atoms with van der Waals surface area (Å²) in [6, 6.07) is 18.9. The van der Waals surface area contributed by atoms with Crippen LogP contribution in [0.4, 0.5) is 5.69 Å². The first-order chi connectivity index (χ1) is 12.7. The van der Waals surface area contributed by atoms with E-state index in [1.54, 1.807) is 0 Å². The number of rotatable bonds is 7. The summed E-state index contributed by atoms with van der Waals surface area (Å²) in [5.41, 5.74) is 3.23. The van der Waals surface area contributed by atoms with Crippen molar-refractivity contribution in [2.75, 3.05) is 31.6 Å². The average molecular weight is 351 g/mol. The average Bonchev–Trinajstić information content (AvgIpc) is 3.15. The Kier molecular flexibility index (Phi) is 6.29. The Balaban J connectivity index is 1.70. The highest BCUT2D eigenvalue weighted by atomic mass is 16.2. The molecule has 2 aromatic carbocycles. The molecule has 3 rings (SSSR count). The number of benzene rings is 2. The number of carbonyl (C=O) groups excluding carboxylic acids is 1. The number of hydrogen-bond donors (Lipinski definition) is 1. The fourth-order valence-electron chi connectivity index (χ4n) is 3.72. The highest BCUT2D eigenvalue weighted by molar-refractivity contribution is 5.95. The molecule has 2 aromatic rings. The van der Waals surface area contributed by atoms with Gasteiger partial charge in [-0.3, -0.25) is 4.79 Å². The van der Waals surface area contributed by atoms with Crippen LogP contribution in [0.15, 0.2) is 54.6 Å². The van der Waals surface area contributed by atoms with Gasteiger partial charge in [0.25, 0.3) is 5.91 Å². The van der Waals surface area contributed by atoms with Gasteiger partial charge in [0.1, 0.15) is 0 Å². The molecule has 1 N–H and O–H groups in total. The number of anilines is 1. The molecular formula is C22H29N3O. The second-order valence-electron chi connectivity index (χ2n) is 6.90. The van der Waals surface area contributed by atoms with Gasteiger partial charge in [0.05, 0.1) is 0 Å². The van der Waals surface area contributed by atoms with Gasteiger partial charge in [-0.25, -0.2) is 0 Å². The number of hydrogen-bond acceptors (Lipinski definition) is 3. The summed E-state index contributed by atoms with van der Waals surface area (Å²) in [5, 5.41) is 3.20. The molecule has 0 aromatic heterocycles. The molecule has 4 nitrogen and oxygen atoms in total. The second kappa shape index (κ2) is 8.86. The number of likely N-dealkylation sites (tertiary alicyclic amines) is 1. The van der Waals surface area contributed by atoms with Gasteiger partial charge in [-0.15, -0.1) is 0 Å². The largest absolute Gasteiger partial charge is 0.367 e. The molecule has 0 spiro atoms. The van der Waals surface area contributed by atoms with Crippen molar-refractivity contribution in [3.8, 4) is 0 Å². The third-order valence-corrected chi connectivity index (χ3v) is 5.16. The maximum atomic E-state index is 12.9. The van der Waals surface area contributed by atoms with Gasteiger partial charge < -0.3 is 15.1 Å². The van der Waals surface area contributed by atoms with Gasteiger partial charge >= 0.3 is 0 Å². The molecule has 1 unspecified atom stereocenters. The molecule has 138 valence electrons. The van der Waals surface area contributed by atoms with Crippen LogP contribution in [0.1, 0.15) is 35.7 Å². The molecule has 0 aliphatic carbocycles. The van der Waals surface area contributed by atoms with Crippen molar-refractivity contribution in [1.82, 2.24) is 10.2 Å². The van der Waals surface area contributed by atoms with Crippen LogP contribution >= 0.6 is 0 Å². The Morgan fingerprint density at radius 1 is 1.15 bits per heavy atom. The monoisotopic (exact) mass is 351 g/mol. The molecule has 0 radical (unpaired) electrons. The van der Waals surface area contributed by atoms with Crippen molar-refractivity contribution in [2.24, 2.45) is 0 Å². The Hall–Kier alpha value is -2.33. The predicted molar refractivity (Wildman–Crippen MR) is 108 cm³/mol. The number of amides is 1. The summed E-state index contributed by atoms with van der Waals surface area (Å²) >= 11 is 0. The highest BCUT2D eigenvalue weighted by Crippen LogP contribution is 2.22. The quantitative estimate of drug-likeness (QED) is 0.829. The van der Waals surface area contributed by atoms with E-state index < -0.39 is 0 Å². The molecule has 1 fully saturated rings. The van der Waals surface area contributed by atoms with Gasteiger partial charge in [0.15, 0.2) is 0 Å². The van der Waals surface area contributed by atoms with Gasteiger partial charge in [0, 0.05) is 43.5 Å². The summed E-state index contributed by atoms with van der Waals surface area (Å²) in [5.74, 6) is 0.153. The topological polar surface area (TPSA) is 35.6 Å². The lowest BCUT2D eigenvalue weighted by molar-refractivity contribution is 0.0737. The summed E-state index contributed by atoms with van der Waals surface area (Å²) in [6.45, 7) is 5.70. The maximum Gasteiger partial charge on any atom is 0.254 e. The lowest BCUT2D eigenvalue weighted by atomic mass is 10.1. The number of likely N-dealkylation sites (N-methyl/N-ethyl adjacent to an activating group) is 1. The lowest BCUT2D eigenvalue weighted by Gasteiger charge is -2.26. The molecule has 1 atom stereocenters. The van der Waals surface area contributed by atoms with Crippen molar-refractivity contribution < 1.29 is 4.79 Å². The molecular weight excluding hydrogens is 322 g/mol. The van der Waals surface area contributed by atoms with Gasteiger partial charge in [-0.1, -0.05) is 30.3 Å². The van der Waals surface area contributed by atoms with E-state index in [0.29, 0.717) is 6.04 Å². The Morgan fingerprint density at radius 3 is 2.54 bits per heavy atom. The fraction of sp³-hybridized carbons (Fsp3) is 0.409. The van der Waals surface area contributed by atoms with Crippen LogP contribution in [0.25, 0.3) is 0 Å². The molecule has 4 heteroatoms. The van der Waals surface area contributed by atoms with Crippen molar-refractivity contribution in [1.29, 1.82) is 0 Å². The zero-order valence-corrected chi connectivity index (χ0v) is 15.8. The first-order valence-corrected chi connectivity index (χ1v) is 9.57. The summed E-state index contributed by atoms with van der Waals surface area (Å²) in [4.78, 5) is 17.2. The fourth-order valence-corrected chi connectivity index (χ4v) is 3.72. The molecule has 1 heterocycles. The van der Waals surface area contributed by atoms with Gasteiger partial charge in [0.2, 0.25) is 0 Å². The van der Waals surface area contributed by atoms with E-state index in [2.05, 4.69) is 53.5 Å². The maximum absolute atomic E-state index is 12.9. The smallest absolute Gasteiger partial charge is 0.254 e. The zero-order chi connectivity index (χ0) is 18.4. The molecule has 0 saturated carbocycles. The third-order valence-electron chi connectivity index (χ3n) is 5.16. The molecule has 1 aliphatic heterocycles. The SMILES string of the molecule is CCN(Cc1ccccc1)c1ccc(C(=O)N2CCCC2CNC)cc1. The molecule has 1 aliphatic rings. The second-order valence-corrected chi connectivity index (χ2v) is 6.90. The normalized spacial score (nSPS) is 16.7. The summed E-state index contributed by atoms with van der Waals surface area (Å²) < 4.78 is 0. The van der Waals surface area contributed by atoms with E-state index in [9.17, 15) is 4.79 Å². The summed E-state index contributed by atoms with van der Waals surface area (Å²) in [7, 11) is 1.95. The standard InChI is InChI=1S/C22H29N3O/c1-3-24(17-18-8-5-4-6-9-18)20-13-11-19(12-14-20)22(26)25-15-7-10-21(25)16-23-2/h4-6,8-9,11-14,21,23H,3,7,10,15-17H2,1-2H3. The zero-order valence-electron chi connectivity index (χ0n) is 15.8. The first kappa shape index (κ1) is 18.5. The first-order valence-electron chi connectivity index (χ1n) is 9.57. The van der Waals surface area contributed by atoms with E-state index in [1.807, 2.05) is 30.1 Å². The van der Waals surface area contributed by atoms with Crippen LogP contribution < -0.4 is 10.2 Å². The van der Waals surface area contributed by atoms with Crippen LogP contribution in [-0.4, -0.2) is 43.5 Å². The van der Waals surface area contributed by atoms with Crippen molar-refractivity contribution in [2.45, 2.75) is 32.4 Å². The van der Waals surface area contributed by atoms with Crippen LogP contribution in [-0.2, 0) is 6.54 Å². The number of nitrogens with zero attached hydrogens (tertiary/aromatic N) is 2.